The number of allylic oxidation sites excluding steroid dienone is 1. The van der Waals surface area contributed by atoms with Crippen LogP contribution in [0.4, 0.5) is 0 Å². The highest BCUT2D eigenvalue weighted by atomic mass is 16.1. The quantitative estimate of drug-likeness (QED) is 0.596. The van der Waals surface area contributed by atoms with Crippen molar-refractivity contribution in [2.45, 2.75) is 46.5 Å². The van der Waals surface area contributed by atoms with Crippen molar-refractivity contribution in [1.82, 2.24) is 0 Å². The van der Waals surface area contributed by atoms with Crippen LogP contribution in [0.25, 0.3) is 0 Å². The van der Waals surface area contributed by atoms with Crippen LogP contribution >= 0.6 is 0 Å². The van der Waals surface area contributed by atoms with Crippen LogP contribution in [0.2, 0.25) is 0 Å². The molecule has 0 amide bonds. The Balaban J connectivity index is 2.70. The fourth-order valence-corrected chi connectivity index (χ4v) is 1.99. The first kappa shape index (κ1) is 10.5. The molecule has 1 nitrogen and oxygen atoms in total. The van der Waals surface area contributed by atoms with E-state index >= 15 is 0 Å². The molecule has 0 saturated heterocycles. The molecule has 0 aliphatic heterocycles. The summed E-state index contributed by atoms with van der Waals surface area (Å²) in [5.74, 6) is 0.420. The number of carbonyl (C=O) groups is 1. The molecule has 0 bridgehead atoms. The number of ketones is 1. The van der Waals surface area contributed by atoms with Crippen molar-refractivity contribution in [3.05, 3.63) is 12.7 Å². The maximum atomic E-state index is 11.8. The lowest BCUT2D eigenvalue weighted by atomic mass is 9.64. The molecule has 1 rings (SSSR count). The molecular weight excluding hydrogens is 160 g/mol. The highest BCUT2D eigenvalue weighted by Crippen LogP contribution is 2.44. The van der Waals surface area contributed by atoms with Gasteiger partial charge in [-0.05, 0) is 24.7 Å². The van der Waals surface area contributed by atoms with Crippen LogP contribution in [0.3, 0.4) is 0 Å². The van der Waals surface area contributed by atoms with Crippen LogP contribution in [0, 0.1) is 10.8 Å². The molecule has 1 aliphatic rings. The Hall–Kier alpha value is -0.590. The minimum Gasteiger partial charge on any atom is -0.299 e. The SMILES string of the molecule is C=CCC1(C)CCC(C)(C)C(=O)C1. The topological polar surface area (TPSA) is 17.1 Å². The van der Waals surface area contributed by atoms with E-state index < -0.39 is 0 Å². The van der Waals surface area contributed by atoms with Gasteiger partial charge in [-0.1, -0.05) is 26.8 Å². The Bertz CT molecular complexity index is 227. The summed E-state index contributed by atoms with van der Waals surface area (Å²) in [6.07, 6.45) is 5.81. The van der Waals surface area contributed by atoms with E-state index in [0.717, 1.165) is 25.7 Å². The van der Waals surface area contributed by atoms with E-state index in [9.17, 15) is 4.79 Å². The zero-order valence-corrected chi connectivity index (χ0v) is 9.02. The minimum absolute atomic E-state index is 0.0827. The van der Waals surface area contributed by atoms with E-state index in [0.29, 0.717) is 5.78 Å². The van der Waals surface area contributed by atoms with E-state index in [1.54, 1.807) is 0 Å². The van der Waals surface area contributed by atoms with Crippen LogP contribution in [0.5, 0.6) is 0 Å². The van der Waals surface area contributed by atoms with Gasteiger partial charge in [0.1, 0.15) is 5.78 Å². The van der Waals surface area contributed by atoms with E-state index in [1.807, 2.05) is 6.08 Å². The molecule has 1 aliphatic carbocycles. The van der Waals surface area contributed by atoms with E-state index in [4.69, 9.17) is 0 Å². The lowest BCUT2D eigenvalue weighted by Gasteiger charge is -2.39. The number of hydrogen-bond acceptors (Lipinski definition) is 1. The predicted molar refractivity (Wildman–Crippen MR) is 55.6 cm³/mol. The normalized spacial score (nSPS) is 33.0. The molecule has 0 N–H and O–H groups in total. The zero-order valence-electron chi connectivity index (χ0n) is 9.02. The van der Waals surface area contributed by atoms with Crippen LogP contribution in [-0.2, 0) is 4.79 Å². The molecule has 0 aromatic heterocycles. The Morgan fingerprint density at radius 3 is 2.46 bits per heavy atom. The van der Waals surface area contributed by atoms with Crippen LogP contribution in [0.15, 0.2) is 12.7 Å². The van der Waals surface area contributed by atoms with Gasteiger partial charge in [0.2, 0.25) is 0 Å². The average molecular weight is 180 g/mol. The third kappa shape index (κ3) is 2.20. The second kappa shape index (κ2) is 3.28. The molecule has 0 aromatic rings. The molecule has 0 heterocycles. The van der Waals surface area contributed by atoms with Crippen molar-refractivity contribution < 1.29 is 4.79 Å². The molecule has 1 saturated carbocycles. The lowest BCUT2D eigenvalue weighted by Crippen LogP contribution is -2.37. The first-order valence-electron chi connectivity index (χ1n) is 5.04. The van der Waals surface area contributed by atoms with Gasteiger partial charge >= 0.3 is 0 Å². The summed E-state index contributed by atoms with van der Waals surface area (Å²) in [5.41, 5.74) is 0.106. The fraction of sp³-hybridized carbons (Fsp3) is 0.750. The van der Waals surface area contributed by atoms with Crippen molar-refractivity contribution in [2.24, 2.45) is 10.8 Å². The highest BCUT2D eigenvalue weighted by molar-refractivity contribution is 5.85. The van der Waals surface area contributed by atoms with Gasteiger partial charge in [-0.2, -0.15) is 0 Å². The maximum Gasteiger partial charge on any atom is 0.139 e. The fourth-order valence-electron chi connectivity index (χ4n) is 1.99. The van der Waals surface area contributed by atoms with Crippen molar-refractivity contribution in [3.63, 3.8) is 0 Å². The van der Waals surface area contributed by atoms with E-state index in [1.165, 1.54) is 0 Å². The van der Waals surface area contributed by atoms with Crippen molar-refractivity contribution in [1.29, 1.82) is 0 Å². The van der Waals surface area contributed by atoms with Gasteiger partial charge in [-0.3, -0.25) is 4.79 Å². The van der Waals surface area contributed by atoms with Crippen LogP contribution in [-0.4, -0.2) is 5.78 Å². The summed E-state index contributed by atoms with van der Waals surface area (Å²) in [6.45, 7) is 10.1. The molecule has 0 aromatic carbocycles. The van der Waals surface area contributed by atoms with Crippen LogP contribution in [0.1, 0.15) is 46.5 Å². The van der Waals surface area contributed by atoms with Crippen LogP contribution < -0.4 is 0 Å². The first-order valence-corrected chi connectivity index (χ1v) is 5.04. The van der Waals surface area contributed by atoms with E-state index in [2.05, 4.69) is 27.4 Å². The van der Waals surface area contributed by atoms with Gasteiger partial charge in [0, 0.05) is 11.8 Å². The number of Topliss-reactive ketones (excluding diaryl/α,β-unsaturated/α-hetero) is 1. The molecule has 1 unspecified atom stereocenters. The summed E-state index contributed by atoms with van der Waals surface area (Å²) in [6, 6.07) is 0. The minimum atomic E-state index is -0.0827. The molecule has 1 heteroatoms. The number of carbonyl (C=O) groups excluding carboxylic acids is 1. The first-order chi connectivity index (χ1) is 5.90. The Kier molecular flexibility index (Phi) is 2.65. The van der Waals surface area contributed by atoms with Gasteiger partial charge in [-0.15, -0.1) is 6.58 Å². The molecule has 0 spiro atoms. The molecule has 0 radical (unpaired) electrons. The number of hydrogen-bond donors (Lipinski definition) is 0. The summed E-state index contributed by atoms with van der Waals surface area (Å²) in [4.78, 5) is 11.8. The average Bonchev–Trinajstić information content (AvgIpc) is 1.99. The molecule has 13 heavy (non-hydrogen) atoms. The highest BCUT2D eigenvalue weighted by Gasteiger charge is 2.40. The van der Waals surface area contributed by atoms with Gasteiger partial charge in [-0.25, -0.2) is 0 Å². The van der Waals surface area contributed by atoms with Gasteiger partial charge in [0.05, 0.1) is 0 Å². The Morgan fingerprint density at radius 2 is 2.00 bits per heavy atom. The maximum absolute atomic E-state index is 11.8. The van der Waals surface area contributed by atoms with Gasteiger partial charge in [0.15, 0.2) is 0 Å². The molecule has 74 valence electrons. The second-order valence-electron chi connectivity index (χ2n) is 5.29. The largest absolute Gasteiger partial charge is 0.299 e. The Labute approximate surface area is 81.2 Å². The summed E-state index contributed by atoms with van der Waals surface area (Å²) in [7, 11) is 0. The predicted octanol–water partition coefficient (Wildman–Crippen LogP) is 3.35. The molecule has 1 fully saturated rings. The lowest BCUT2D eigenvalue weighted by molar-refractivity contribution is -0.133. The van der Waals surface area contributed by atoms with E-state index in [-0.39, 0.29) is 10.8 Å². The van der Waals surface area contributed by atoms with Crippen molar-refractivity contribution in [3.8, 4) is 0 Å². The summed E-state index contributed by atoms with van der Waals surface area (Å²) in [5, 5.41) is 0. The summed E-state index contributed by atoms with van der Waals surface area (Å²) >= 11 is 0. The molecule has 1 atom stereocenters. The van der Waals surface area contributed by atoms with Gasteiger partial charge in [0.25, 0.3) is 0 Å². The molecular formula is C12H20O. The van der Waals surface area contributed by atoms with Crippen molar-refractivity contribution >= 4 is 5.78 Å². The Morgan fingerprint density at radius 1 is 1.38 bits per heavy atom. The van der Waals surface area contributed by atoms with Gasteiger partial charge < -0.3 is 0 Å². The number of rotatable bonds is 2. The third-order valence-electron chi connectivity index (χ3n) is 3.33. The monoisotopic (exact) mass is 180 g/mol. The zero-order chi connectivity index (χ0) is 10.1. The third-order valence-corrected chi connectivity index (χ3v) is 3.33. The van der Waals surface area contributed by atoms with Crippen molar-refractivity contribution in [2.75, 3.05) is 0 Å². The summed E-state index contributed by atoms with van der Waals surface area (Å²) < 4.78 is 0. The smallest absolute Gasteiger partial charge is 0.139 e. The second-order valence-corrected chi connectivity index (χ2v) is 5.29. The standard InChI is InChI=1S/C12H20O/c1-5-6-12(4)8-7-11(2,3)10(13)9-12/h5H,1,6-9H2,2-4H3.